The van der Waals surface area contributed by atoms with Gasteiger partial charge in [0.05, 0.1) is 7.11 Å². The summed E-state index contributed by atoms with van der Waals surface area (Å²) in [6.07, 6.45) is 0.188. The van der Waals surface area contributed by atoms with Crippen molar-refractivity contribution in [3.8, 4) is 5.75 Å². The van der Waals surface area contributed by atoms with E-state index in [4.69, 9.17) is 4.74 Å². The lowest BCUT2D eigenvalue weighted by molar-refractivity contribution is -0.145. The van der Waals surface area contributed by atoms with Gasteiger partial charge < -0.3 is 20.5 Å². The maximum absolute atomic E-state index is 12.6. The average molecular weight is 427 g/mol. The first-order chi connectivity index (χ1) is 14.5. The van der Waals surface area contributed by atoms with Gasteiger partial charge in [-0.15, -0.1) is 0 Å². The molecule has 2 aromatic carbocycles. The Kier molecular flexibility index (Phi) is 7.80. The van der Waals surface area contributed by atoms with Gasteiger partial charge in [0, 0.05) is 12.0 Å². The normalized spacial score (nSPS) is 13.1. The number of esters is 1. The number of rotatable bonds is 7. The Hall–Kier alpha value is -3.35. The molecule has 0 aliphatic carbocycles. The highest BCUT2D eigenvalue weighted by atomic mass is 16.5. The Labute approximate surface area is 182 Å². The first-order valence-corrected chi connectivity index (χ1v) is 10.1. The molecule has 0 aliphatic rings. The van der Waals surface area contributed by atoms with Gasteiger partial charge in [-0.05, 0) is 47.7 Å². The van der Waals surface area contributed by atoms with Gasteiger partial charge in [-0.2, -0.15) is 0 Å². The summed E-state index contributed by atoms with van der Waals surface area (Å²) in [5, 5.41) is 14.7. The summed E-state index contributed by atoms with van der Waals surface area (Å²) in [6.45, 7) is 7.81. The van der Waals surface area contributed by atoms with Gasteiger partial charge in [-0.1, -0.05) is 45.0 Å². The van der Waals surface area contributed by atoms with Crippen LogP contribution in [0.4, 0.5) is 0 Å². The van der Waals surface area contributed by atoms with Gasteiger partial charge in [0.2, 0.25) is 5.91 Å². The molecule has 7 heteroatoms. The molecule has 0 aliphatic heterocycles. The van der Waals surface area contributed by atoms with E-state index >= 15 is 0 Å². The van der Waals surface area contributed by atoms with Crippen molar-refractivity contribution < 1.29 is 24.2 Å². The Morgan fingerprint density at radius 3 is 2.06 bits per heavy atom. The van der Waals surface area contributed by atoms with E-state index in [1.807, 2.05) is 12.1 Å². The molecule has 0 saturated carbocycles. The highest BCUT2D eigenvalue weighted by molar-refractivity contribution is 5.98. The number of aromatic hydroxyl groups is 1. The molecule has 2 rings (SSSR count). The number of amides is 2. The van der Waals surface area contributed by atoms with Gasteiger partial charge >= 0.3 is 5.97 Å². The van der Waals surface area contributed by atoms with Crippen LogP contribution in [0.3, 0.4) is 0 Å². The Morgan fingerprint density at radius 1 is 0.968 bits per heavy atom. The van der Waals surface area contributed by atoms with Crippen molar-refractivity contribution in [1.82, 2.24) is 10.6 Å². The van der Waals surface area contributed by atoms with Crippen LogP contribution in [0.5, 0.6) is 5.75 Å². The van der Waals surface area contributed by atoms with Crippen LogP contribution in [-0.2, 0) is 26.2 Å². The molecule has 0 fully saturated rings. The smallest absolute Gasteiger partial charge is 0.328 e. The third-order valence-corrected chi connectivity index (χ3v) is 4.93. The van der Waals surface area contributed by atoms with Crippen molar-refractivity contribution in [1.29, 1.82) is 0 Å². The predicted octanol–water partition coefficient (Wildman–Crippen LogP) is 2.71. The second kappa shape index (κ2) is 10.1. The average Bonchev–Trinajstić information content (AvgIpc) is 2.73. The monoisotopic (exact) mass is 426 g/mol. The van der Waals surface area contributed by atoms with E-state index in [-0.39, 0.29) is 23.5 Å². The maximum Gasteiger partial charge on any atom is 0.328 e. The summed E-state index contributed by atoms with van der Waals surface area (Å²) in [6, 6.07) is 11.8. The number of ether oxygens (including phenoxy) is 1. The largest absolute Gasteiger partial charge is 0.508 e. The van der Waals surface area contributed by atoms with Crippen molar-refractivity contribution >= 4 is 17.8 Å². The summed E-state index contributed by atoms with van der Waals surface area (Å²) in [7, 11) is 1.24. The predicted molar refractivity (Wildman–Crippen MR) is 118 cm³/mol. The highest BCUT2D eigenvalue weighted by Crippen LogP contribution is 2.22. The number of nitrogens with one attached hydrogen (secondary N) is 2. The van der Waals surface area contributed by atoms with Crippen molar-refractivity contribution in [2.24, 2.45) is 0 Å². The fraction of sp³-hybridized carbons (Fsp3) is 0.375. The minimum Gasteiger partial charge on any atom is -0.508 e. The number of benzene rings is 2. The van der Waals surface area contributed by atoms with Crippen LogP contribution in [0.15, 0.2) is 48.5 Å². The van der Waals surface area contributed by atoms with Crippen LogP contribution in [0.25, 0.3) is 0 Å². The molecule has 2 atom stereocenters. The third kappa shape index (κ3) is 6.84. The summed E-state index contributed by atoms with van der Waals surface area (Å²) < 4.78 is 4.79. The zero-order valence-corrected chi connectivity index (χ0v) is 18.6. The van der Waals surface area contributed by atoms with Crippen molar-refractivity contribution in [3.05, 3.63) is 65.2 Å². The number of hydrogen-bond acceptors (Lipinski definition) is 5. The number of hydrogen-bond donors (Lipinski definition) is 3. The van der Waals surface area contributed by atoms with Gasteiger partial charge in [0.1, 0.15) is 17.8 Å². The van der Waals surface area contributed by atoms with E-state index in [1.54, 1.807) is 31.2 Å². The summed E-state index contributed by atoms with van der Waals surface area (Å²) in [4.78, 5) is 37.2. The molecular weight excluding hydrogens is 396 g/mol. The standard InChI is InChI=1S/C24H30N2O5/c1-15(25-22(29)17-8-10-18(11-9-17)24(2,3)4)21(28)26-20(23(30)31-5)14-16-6-12-19(27)13-7-16/h6-13,15,20,27H,14H2,1-5H3,(H,25,29)(H,26,28)/t15-,20+/m1/s1. The molecule has 2 aromatic rings. The van der Waals surface area contributed by atoms with Gasteiger partial charge in [0.25, 0.3) is 5.91 Å². The second-order valence-electron chi connectivity index (χ2n) is 8.48. The van der Waals surface area contributed by atoms with E-state index in [0.29, 0.717) is 5.56 Å². The lowest BCUT2D eigenvalue weighted by atomic mass is 9.86. The van der Waals surface area contributed by atoms with Crippen LogP contribution < -0.4 is 10.6 Å². The summed E-state index contributed by atoms with van der Waals surface area (Å²) in [5.41, 5.74) is 2.26. The molecular formula is C24H30N2O5. The zero-order valence-electron chi connectivity index (χ0n) is 18.6. The minimum absolute atomic E-state index is 0.0252. The minimum atomic E-state index is -0.924. The van der Waals surface area contributed by atoms with E-state index in [9.17, 15) is 19.5 Å². The van der Waals surface area contributed by atoms with Crippen molar-refractivity contribution in [3.63, 3.8) is 0 Å². The quantitative estimate of drug-likeness (QED) is 0.591. The van der Waals surface area contributed by atoms with Gasteiger partial charge in [-0.25, -0.2) is 4.79 Å². The number of phenolic OH excluding ortho intramolecular Hbond substituents is 1. The molecule has 0 aromatic heterocycles. The van der Waals surface area contributed by atoms with Gasteiger partial charge in [0.15, 0.2) is 0 Å². The van der Waals surface area contributed by atoms with Crippen LogP contribution in [0, 0.1) is 0 Å². The Balaban J connectivity index is 2.01. The summed E-state index contributed by atoms with van der Waals surface area (Å²) in [5.74, 6) is -1.38. The van der Waals surface area contributed by atoms with E-state index in [0.717, 1.165) is 11.1 Å². The molecule has 0 radical (unpaired) electrons. The zero-order chi connectivity index (χ0) is 23.2. The molecule has 31 heavy (non-hydrogen) atoms. The SMILES string of the molecule is COC(=O)[C@H](Cc1ccc(O)cc1)NC(=O)[C@@H](C)NC(=O)c1ccc(C(C)(C)C)cc1. The lowest BCUT2D eigenvalue weighted by Gasteiger charge is -2.21. The molecule has 3 N–H and O–H groups in total. The topological polar surface area (TPSA) is 105 Å². The van der Waals surface area contributed by atoms with Crippen molar-refractivity contribution in [2.75, 3.05) is 7.11 Å². The lowest BCUT2D eigenvalue weighted by Crippen LogP contribution is -2.51. The number of carbonyl (C=O) groups is 3. The van der Waals surface area contributed by atoms with E-state index < -0.39 is 24.0 Å². The molecule has 0 heterocycles. The van der Waals surface area contributed by atoms with Crippen LogP contribution in [0.1, 0.15) is 49.2 Å². The number of phenols is 1. The van der Waals surface area contributed by atoms with E-state index in [2.05, 4.69) is 31.4 Å². The second-order valence-corrected chi connectivity index (χ2v) is 8.48. The van der Waals surface area contributed by atoms with E-state index in [1.165, 1.54) is 19.2 Å². The Bertz CT molecular complexity index is 914. The van der Waals surface area contributed by atoms with Crippen molar-refractivity contribution in [2.45, 2.75) is 51.6 Å². The molecule has 0 bridgehead atoms. The Morgan fingerprint density at radius 2 is 1.55 bits per heavy atom. The number of methoxy groups -OCH3 is 1. The van der Waals surface area contributed by atoms with Crippen LogP contribution >= 0.6 is 0 Å². The van der Waals surface area contributed by atoms with Crippen LogP contribution in [-0.4, -0.2) is 42.1 Å². The third-order valence-electron chi connectivity index (χ3n) is 4.93. The number of carbonyl (C=O) groups excluding carboxylic acids is 3. The first-order valence-electron chi connectivity index (χ1n) is 10.1. The molecule has 166 valence electrons. The van der Waals surface area contributed by atoms with Gasteiger partial charge in [-0.3, -0.25) is 9.59 Å². The molecule has 0 saturated heterocycles. The van der Waals surface area contributed by atoms with Crippen LogP contribution in [0.2, 0.25) is 0 Å². The molecule has 7 nitrogen and oxygen atoms in total. The highest BCUT2D eigenvalue weighted by Gasteiger charge is 2.25. The molecule has 0 spiro atoms. The molecule has 2 amide bonds. The summed E-state index contributed by atoms with van der Waals surface area (Å²) >= 11 is 0. The maximum atomic E-state index is 12.6. The molecule has 0 unspecified atom stereocenters. The first kappa shape index (κ1) is 23.9. The fourth-order valence-electron chi connectivity index (χ4n) is 2.97. The fourth-order valence-corrected chi connectivity index (χ4v) is 2.97.